The van der Waals surface area contributed by atoms with E-state index >= 15 is 0 Å². The first kappa shape index (κ1) is 22.5. The number of nitrogens with two attached hydrogens (primary N) is 1. The smallest absolute Gasteiger partial charge is 0.123 e. The number of nitrogens with one attached hydrogen (secondary N) is 1. The van der Waals surface area contributed by atoms with Crippen LogP contribution >= 0.6 is 13.5 Å². The van der Waals surface area contributed by atoms with Crippen LogP contribution in [0.4, 0.5) is 4.39 Å². The lowest BCUT2D eigenvalue weighted by atomic mass is 9.92. The molecule has 0 spiro atoms. The molecule has 5 nitrogen and oxygen atoms in total. The van der Waals surface area contributed by atoms with Crippen LogP contribution in [-0.2, 0) is 0 Å². The van der Waals surface area contributed by atoms with Crippen LogP contribution in [-0.4, -0.2) is 52.3 Å². The second kappa shape index (κ2) is 10.2. The lowest BCUT2D eigenvalue weighted by Crippen LogP contribution is -2.43. The van der Waals surface area contributed by atoms with Crippen molar-refractivity contribution in [2.75, 3.05) is 26.2 Å². The van der Waals surface area contributed by atoms with Crippen LogP contribution in [0.15, 0.2) is 54.9 Å². The highest BCUT2D eigenvalue weighted by molar-refractivity contribution is 7.59. The van der Waals surface area contributed by atoms with Gasteiger partial charge in [0, 0.05) is 42.2 Å². The Bertz CT molecular complexity index is 924. The molecule has 160 valence electrons. The molecule has 1 aromatic carbocycles. The van der Waals surface area contributed by atoms with Gasteiger partial charge in [0.2, 0.25) is 0 Å². The van der Waals surface area contributed by atoms with Gasteiger partial charge in [-0.25, -0.2) is 4.39 Å². The fraction of sp³-hybridized carbons (Fsp3) is 0.348. The number of aromatic nitrogens is 2. The molecule has 1 aliphatic rings. The minimum absolute atomic E-state index is 0. The van der Waals surface area contributed by atoms with Gasteiger partial charge in [0.25, 0.3) is 0 Å². The summed E-state index contributed by atoms with van der Waals surface area (Å²) in [6.07, 6.45) is 5.66. The zero-order chi connectivity index (χ0) is 20.2. The number of hydrogen-bond donors (Lipinski definition) is 3. The third-order valence-electron chi connectivity index (χ3n) is 5.72. The second-order valence-corrected chi connectivity index (χ2v) is 7.77. The molecule has 2 aromatic heterocycles. The van der Waals surface area contributed by atoms with Gasteiger partial charge in [-0.05, 0) is 79.5 Å². The molecule has 1 fully saturated rings. The van der Waals surface area contributed by atoms with Crippen LogP contribution in [0.1, 0.15) is 24.5 Å². The van der Waals surface area contributed by atoms with Crippen molar-refractivity contribution in [3.05, 3.63) is 66.4 Å². The number of aliphatic hydroxyl groups excluding tert-OH is 1. The first-order valence-electron chi connectivity index (χ1n) is 10.1. The molecule has 3 heterocycles. The second-order valence-electron chi connectivity index (χ2n) is 7.77. The first-order valence-corrected chi connectivity index (χ1v) is 10.1. The lowest BCUT2D eigenvalue weighted by Gasteiger charge is -2.32. The molecule has 4 N–H and O–H groups in total. The number of aromatic amines is 1. The Balaban J connectivity index is 0.00000256. The van der Waals surface area contributed by atoms with Gasteiger partial charge in [0.15, 0.2) is 0 Å². The molecule has 0 aliphatic carbocycles. The van der Waals surface area contributed by atoms with Gasteiger partial charge in [0.05, 0.1) is 12.3 Å². The molecular formula is C23H29FN4OS. The van der Waals surface area contributed by atoms with Gasteiger partial charge < -0.3 is 20.7 Å². The third-order valence-corrected chi connectivity index (χ3v) is 5.72. The van der Waals surface area contributed by atoms with Crippen LogP contribution in [0.25, 0.3) is 22.4 Å². The number of H-pyrrole nitrogens is 1. The van der Waals surface area contributed by atoms with E-state index in [1.807, 2.05) is 24.3 Å². The molecule has 1 aliphatic heterocycles. The van der Waals surface area contributed by atoms with Crippen LogP contribution in [0, 0.1) is 5.82 Å². The number of likely N-dealkylation sites (tertiary alicyclic amines) is 1. The maximum atomic E-state index is 13.4. The van der Waals surface area contributed by atoms with Crippen LogP contribution < -0.4 is 5.73 Å². The maximum absolute atomic E-state index is 13.4. The predicted molar refractivity (Wildman–Crippen MR) is 123 cm³/mol. The molecule has 0 saturated carbocycles. The summed E-state index contributed by atoms with van der Waals surface area (Å²) in [6, 6.07) is 12.7. The Morgan fingerprint density at radius 2 is 1.77 bits per heavy atom. The highest BCUT2D eigenvalue weighted by Gasteiger charge is 2.24. The minimum atomic E-state index is -0.237. The predicted octanol–water partition coefficient (Wildman–Crippen LogP) is 3.49. The highest BCUT2D eigenvalue weighted by atomic mass is 32.1. The zero-order valence-corrected chi connectivity index (χ0v) is 17.9. The fourth-order valence-electron chi connectivity index (χ4n) is 4.11. The van der Waals surface area contributed by atoms with Gasteiger partial charge in [-0.3, -0.25) is 4.98 Å². The van der Waals surface area contributed by atoms with Crippen molar-refractivity contribution in [2.24, 2.45) is 5.73 Å². The minimum Gasteiger partial charge on any atom is -0.395 e. The molecule has 0 radical (unpaired) electrons. The fourth-order valence-corrected chi connectivity index (χ4v) is 4.11. The van der Waals surface area contributed by atoms with Crippen molar-refractivity contribution in [2.45, 2.75) is 24.8 Å². The van der Waals surface area contributed by atoms with Gasteiger partial charge in [-0.15, -0.1) is 0 Å². The normalized spacial score (nSPS) is 16.2. The molecule has 1 saturated heterocycles. The molecule has 0 amide bonds. The maximum Gasteiger partial charge on any atom is 0.123 e. The SMILES string of the molecule is N[C@H](CO)CN1CCC(c2cc(-c3ccncc3)c(-c3ccc(F)cc3)[nH]2)CC1.S. The number of nitrogens with zero attached hydrogens (tertiary/aromatic N) is 2. The Kier molecular flexibility index (Phi) is 7.66. The summed E-state index contributed by atoms with van der Waals surface area (Å²) >= 11 is 0. The molecule has 1 atom stereocenters. The van der Waals surface area contributed by atoms with E-state index < -0.39 is 0 Å². The Hall–Kier alpha value is -2.19. The highest BCUT2D eigenvalue weighted by Crippen LogP contribution is 2.37. The number of piperidine rings is 1. The van der Waals surface area contributed by atoms with Crippen LogP contribution in [0.2, 0.25) is 0 Å². The quantitative estimate of drug-likeness (QED) is 0.562. The average Bonchev–Trinajstić information content (AvgIpc) is 3.21. The molecule has 30 heavy (non-hydrogen) atoms. The zero-order valence-electron chi connectivity index (χ0n) is 16.9. The van der Waals surface area contributed by atoms with Crippen molar-refractivity contribution in [1.82, 2.24) is 14.9 Å². The van der Waals surface area contributed by atoms with E-state index in [2.05, 4.69) is 20.9 Å². The number of pyridine rings is 1. The summed E-state index contributed by atoms with van der Waals surface area (Å²) in [4.78, 5) is 10.1. The monoisotopic (exact) mass is 428 g/mol. The van der Waals surface area contributed by atoms with Crippen molar-refractivity contribution in [3.8, 4) is 22.4 Å². The molecule has 3 aromatic rings. The van der Waals surface area contributed by atoms with E-state index in [0.29, 0.717) is 5.92 Å². The summed E-state index contributed by atoms with van der Waals surface area (Å²) in [7, 11) is 0. The van der Waals surface area contributed by atoms with Crippen molar-refractivity contribution >= 4 is 13.5 Å². The summed E-state index contributed by atoms with van der Waals surface area (Å²) in [5, 5.41) is 9.18. The Morgan fingerprint density at radius 3 is 2.40 bits per heavy atom. The molecule has 0 bridgehead atoms. The summed E-state index contributed by atoms with van der Waals surface area (Å²) in [5.41, 5.74) is 11.3. The Morgan fingerprint density at radius 1 is 1.10 bits per heavy atom. The third kappa shape index (κ3) is 5.10. The molecule has 0 unspecified atom stereocenters. The number of rotatable bonds is 6. The van der Waals surface area contributed by atoms with Gasteiger partial charge in [0.1, 0.15) is 5.82 Å². The molecular weight excluding hydrogens is 399 g/mol. The van der Waals surface area contributed by atoms with Gasteiger partial charge in [-0.2, -0.15) is 13.5 Å². The van der Waals surface area contributed by atoms with Gasteiger partial charge >= 0.3 is 0 Å². The van der Waals surface area contributed by atoms with Crippen molar-refractivity contribution in [1.29, 1.82) is 0 Å². The van der Waals surface area contributed by atoms with E-state index in [9.17, 15) is 9.50 Å². The summed E-state index contributed by atoms with van der Waals surface area (Å²) < 4.78 is 13.4. The van der Waals surface area contributed by atoms with Crippen molar-refractivity contribution in [3.63, 3.8) is 0 Å². The molecule has 7 heteroatoms. The summed E-state index contributed by atoms with van der Waals surface area (Å²) in [5.74, 6) is 0.200. The number of benzene rings is 1. The topological polar surface area (TPSA) is 78.2 Å². The largest absolute Gasteiger partial charge is 0.395 e. The van der Waals surface area contributed by atoms with E-state index in [1.165, 1.54) is 17.8 Å². The van der Waals surface area contributed by atoms with Crippen LogP contribution in [0.3, 0.4) is 0 Å². The van der Waals surface area contributed by atoms with E-state index in [1.54, 1.807) is 12.4 Å². The van der Waals surface area contributed by atoms with Crippen molar-refractivity contribution < 1.29 is 9.50 Å². The van der Waals surface area contributed by atoms with E-state index in [4.69, 9.17) is 5.73 Å². The number of aliphatic hydroxyl groups is 1. The van der Waals surface area contributed by atoms with Crippen LogP contribution in [0.5, 0.6) is 0 Å². The average molecular weight is 429 g/mol. The summed E-state index contributed by atoms with van der Waals surface area (Å²) in [6.45, 7) is 2.69. The number of halogens is 1. The number of hydrogen-bond acceptors (Lipinski definition) is 4. The van der Waals surface area contributed by atoms with E-state index in [0.717, 1.165) is 54.9 Å². The molecule has 4 rings (SSSR count). The Labute approximate surface area is 183 Å². The standard InChI is InChI=1S/C23H27FN4O.H2S/c24-19-3-1-18(2-4-19)23-21(16-5-9-26-10-6-16)13-22(27-23)17-7-11-28(12-8-17)14-20(25)15-29;/h1-6,9-10,13,17,20,27,29H,7-8,11-12,14-15,25H2;1H2/t20-;/m0./s1. The van der Waals surface area contributed by atoms with E-state index in [-0.39, 0.29) is 32.0 Å². The lowest BCUT2D eigenvalue weighted by molar-refractivity contribution is 0.170. The first-order chi connectivity index (χ1) is 14.1. The van der Waals surface area contributed by atoms with Gasteiger partial charge in [-0.1, -0.05) is 0 Å².